The van der Waals surface area contributed by atoms with Crippen molar-refractivity contribution in [1.82, 2.24) is 4.98 Å². The minimum atomic E-state index is -0.544. The normalized spacial score (nSPS) is 18.1. The van der Waals surface area contributed by atoms with Gasteiger partial charge in [-0.3, -0.25) is 4.98 Å². The Labute approximate surface area is 120 Å². The molecular formula is C17H22N2O. The molecule has 1 fully saturated rings. The van der Waals surface area contributed by atoms with Gasteiger partial charge in [0.2, 0.25) is 0 Å². The predicted octanol–water partition coefficient (Wildman–Crippen LogP) is 3.65. The van der Waals surface area contributed by atoms with Crippen molar-refractivity contribution in [2.45, 2.75) is 44.6 Å². The highest BCUT2D eigenvalue weighted by atomic mass is 16.3. The van der Waals surface area contributed by atoms with Gasteiger partial charge in [-0.1, -0.05) is 37.5 Å². The van der Waals surface area contributed by atoms with E-state index in [0.29, 0.717) is 6.54 Å². The SMILES string of the molecule is Cc1cccc2c(NCC3(O)CCCCC3)ccnc12. The van der Waals surface area contributed by atoms with Crippen LogP contribution in [-0.2, 0) is 0 Å². The van der Waals surface area contributed by atoms with Gasteiger partial charge < -0.3 is 10.4 Å². The molecule has 0 amide bonds. The van der Waals surface area contributed by atoms with Crippen molar-refractivity contribution in [1.29, 1.82) is 0 Å². The molecule has 1 aliphatic rings. The molecule has 1 heterocycles. The molecule has 3 heteroatoms. The third kappa shape index (κ3) is 2.63. The van der Waals surface area contributed by atoms with Crippen LogP contribution in [0.3, 0.4) is 0 Å². The number of hydrogen-bond donors (Lipinski definition) is 2. The first-order chi connectivity index (χ1) is 9.68. The Morgan fingerprint density at radius 3 is 2.80 bits per heavy atom. The average molecular weight is 270 g/mol. The summed E-state index contributed by atoms with van der Waals surface area (Å²) in [5, 5.41) is 15.1. The summed E-state index contributed by atoms with van der Waals surface area (Å²) in [5.41, 5.74) is 2.74. The molecule has 1 aliphatic carbocycles. The number of para-hydroxylation sites is 1. The summed E-state index contributed by atoms with van der Waals surface area (Å²) < 4.78 is 0. The van der Waals surface area contributed by atoms with Gasteiger partial charge in [-0.2, -0.15) is 0 Å². The minimum absolute atomic E-state index is 0.544. The molecule has 2 aromatic rings. The fourth-order valence-corrected chi connectivity index (χ4v) is 3.12. The van der Waals surface area contributed by atoms with Crippen LogP contribution in [0.25, 0.3) is 10.9 Å². The van der Waals surface area contributed by atoms with Crippen LogP contribution in [0.4, 0.5) is 5.69 Å². The largest absolute Gasteiger partial charge is 0.388 e. The monoisotopic (exact) mass is 270 g/mol. The van der Waals surface area contributed by atoms with Crippen LogP contribution in [-0.4, -0.2) is 22.2 Å². The van der Waals surface area contributed by atoms with Crippen LogP contribution >= 0.6 is 0 Å². The molecule has 3 rings (SSSR count). The van der Waals surface area contributed by atoms with Crippen molar-refractivity contribution >= 4 is 16.6 Å². The summed E-state index contributed by atoms with van der Waals surface area (Å²) in [6.07, 6.45) is 7.16. The van der Waals surface area contributed by atoms with Crippen LogP contribution in [0.5, 0.6) is 0 Å². The van der Waals surface area contributed by atoms with E-state index in [9.17, 15) is 5.11 Å². The summed E-state index contributed by atoms with van der Waals surface area (Å²) in [4.78, 5) is 4.45. The molecule has 0 bridgehead atoms. The highest BCUT2D eigenvalue weighted by molar-refractivity contribution is 5.92. The van der Waals surface area contributed by atoms with E-state index in [0.717, 1.165) is 42.3 Å². The zero-order valence-corrected chi connectivity index (χ0v) is 12.0. The van der Waals surface area contributed by atoms with Crippen LogP contribution in [0.2, 0.25) is 0 Å². The Morgan fingerprint density at radius 2 is 2.00 bits per heavy atom. The lowest BCUT2D eigenvalue weighted by atomic mass is 9.85. The van der Waals surface area contributed by atoms with E-state index in [-0.39, 0.29) is 0 Å². The highest BCUT2D eigenvalue weighted by Gasteiger charge is 2.28. The summed E-state index contributed by atoms with van der Waals surface area (Å²) in [6.45, 7) is 2.70. The third-order valence-electron chi connectivity index (χ3n) is 4.36. The van der Waals surface area contributed by atoms with Crippen molar-refractivity contribution in [3.8, 4) is 0 Å². The quantitative estimate of drug-likeness (QED) is 0.895. The molecule has 0 spiro atoms. The molecule has 0 atom stereocenters. The summed E-state index contributed by atoms with van der Waals surface area (Å²) >= 11 is 0. The number of aromatic nitrogens is 1. The smallest absolute Gasteiger partial charge is 0.0819 e. The molecule has 2 N–H and O–H groups in total. The topological polar surface area (TPSA) is 45.1 Å². The van der Waals surface area contributed by atoms with Gasteiger partial charge in [0.15, 0.2) is 0 Å². The molecule has 1 aromatic heterocycles. The maximum atomic E-state index is 10.6. The Balaban J connectivity index is 1.82. The second kappa shape index (κ2) is 5.41. The van der Waals surface area contributed by atoms with E-state index in [2.05, 4.69) is 35.4 Å². The summed E-state index contributed by atoms with van der Waals surface area (Å²) in [6, 6.07) is 8.21. The zero-order valence-electron chi connectivity index (χ0n) is 12.0. The fourth-order valence-electron chi connectivity index (χ4n) is 3.12. The summed E-state index contributed by atoms with van der Waals surface area (Å²) in [5.74, 6) is 0. The van der Waals surface area contributed by atoms with Crippen molar-refractivity contribution in [2.24, 2.45) is 0 Å². The first kappa shape index (κ1) is 13.4. The lowest BCUT2D eigenvalue weighted by Gasteiger charge is -2.32. The Hall–Kier alpha value is -1.61. The standard InChI is InChI=1S/C17H22N2O/c1-13-6-5-7-14-15(8-11-18-16(13)14)19-12-17(20)9-3-2-4-10-17/h5-8,11,20H,2-4,9-10,12H2,1H3,(H,18,19). The Morgan fingerprint density at radius 1 is 1.20 bits per heavy atom. The van der Waals surface area contributed by atoms with Crippen LogP contribution in [0.15, 0.2) is 30.5 Å². The van der Waals surface area contributed by atoms with Crippen LogP contribution in [0.1, 0.15) is 37.7 Å². The average Bonchev–Trinajstić information content (AvgIpc) is 2.47. The molecule has 0 aliphatic heterocycles. The molecule has 1 saturated carbocycles. The van der Waals surface area contributed by atoms with E-state index >= 15 is 0 Å². The second-order valence-electron chi connectivity index (χ2n) is 5.97. The second-order valence-corrected chi connectivity index (χ2v) is 5.97. The number of anilines is 1. The number of benzene rings is 1. The van der Waals surface area contributed by atoms with Gasteiger partial charge in [-0.25, -0.2) is 0 Å². The van der Waals surface area contributed by atoms with Gasteiger partial charge in [-0.05, 0) is 31.4 Å². The van der Waals surface area contributed by atoms with Gasteiger partial charge in [0.1, 0.15) is 0 Å². The number of pyridine rings is 1. The molecule has 20 heavy (non-hydrogen) atoms. The van der Waals surface area contributed by atoms with Crippen LogP contribution < -0.4 is 5.32 Å². The number of aryl methyl sites for hydroxylation is 1. The summed E-state index contributed by atoms with van der Waals surface area (Å²) in [7, 11) is 0. The first-order valence-electron chi connectivity index (χ1n) is 7.49. The maximum absolute atomic E-state index is 10.6. The van der Waals surface area contributed by atoms with Crippen molar-refractivity contribution in [3.05, 3.63) is 36.0 Å². The number of nitrogens with one attached hydrogen (secondary N) is 1. The maximum Gasteiger partial charge on any atom is 0.0819 e. The van der Waals surface area contributed by atoms with E-state index in [1.807, 2.05) is 12.3 Å². The number of nitrogens with zero attached hydrogens (tertiary/aromatic N) is 1. The van der Waals surface area contributed by atoms with Gasteiger partial charge in [0.25, 0.3) is 0 Å². The van der Waals surface area contributed by atoms with E-state index in [1.54, 1.807) is 0 Å². The molecular weight excluding hydrogens is 248 g/mol. The van der Waals surface area contributed by atoms with Crippen molar-refractivity contribution < 1.29 is 5.11 Å². The van der Waals surface area contributed by atoms with Crippen molar-refractivity contribution in [3.63, 3.8) is 0 Å². The highest BCUT2D eigenvalue weighted by Crippen LogP contribution is 2.30. The molecule has 1 aromatic carbocycles. The zero-order chi connectivity index (χ0) is 14.0. The molecule has 0 unspecified atom stereocenters. The number of fused-ring (bicyclic) bond motifs is 1. The van der Waals surface area contributed by atoms with E-state index in [1.165, 1.54) is 12.0 Å². The van der Waals surface area contributed by atoms with Crippen molar-refractivity contribution in [2.75, 3.05) is 11.9 Å². The van der Waals surface area contributed by atoms with E-state index < -0.39 is 5.60 Å². The van der Waals surface area contributed by atoms with E-state index in [4.69, 9.17) is 0 Å². The minimum Gasteiger partial charge on any atom is -0.388 e. The van der Waals surface area contributed by atoms with Crippen LogP contribution in [0, 0.1) is 6.92 Å². The molecule has 3 nitrogen and oxygen atoms in total. The lowest BCUT2D eigenvalue weighted by Crippen LogP contribution is -2.38. The predicted molar refractivity (Wildman–Crippen MR) is 83.0 cm³/mol. The van der Waals surface area contributed by atoms with Gasteiger partial charge in [-0.15, -0.1) is 0 Å². The van der Waals surface area contributed by atoms with Gasteiger partial charge >= 0.3 is 0 Å². The Bertz CT molecular complexity index is 603. The third-order valence-corrected chi connectivity index (χ3v) is 4.36. The number of aliphatic hydroxyl groups is 1. The molecule has 0 saturated heterocycles. The number of rotatable bonds is 3. The molecule has 0 radical (unpaired) electrons. The van der Waals surface area contributed by atoms with Gasteiger partial charge in [0.05, 0.1) is 11.1 Å². The fraction of sp³-hybridized carbons (Fsp3) is 0.471. The van der Waals surface area contributed by atoms with Gasteiger partial charge in [0, 0.05) is 23.8 Å². The lowest BCUT2D eigenvalue weighted by molar-refractivity contribution is 0.0167. The molecule has 106 valence electrons. The Kier molecular flexibility index (Phi) is 3.62. The first-order valence-corrected chi connectivity index (χ1v) is 7.49. The number of hydrogen-bond acceptors (Lipinski definition) is 3.